The Morgan fingerprint density at radius 1 is 1.23 bits per heavy atom. The van der Waals surface area contributed by atoms with Crippen molar-refractivity contribution in [1.82, 2.24) is 15.1 Å². The second-order valence-electron chi connectivity index (χ2n) is 11.4. The first kappa shape index (κ1) is 32.6. The molecule has 1 unspecified atom stereocenters. The van der Waals surface area contributed by atoms with Gasteiger partial charge < -0.3 is 21.1 Å². The number of likely N-dealkylation sites (N-methyl/N-ethyl adjacent to an activating group) is 1. The number of aromatic hydroxyl groups is 1. The molecule has 0 bridgehead atoms. The maximum Gasteiger partial charge on any atom is 0.236 e. The van der Waals surface area contributed by atoms with Gasteiger partial charge in [0.1, 0.15) is 11.4 Å². The lowest BCUT2D eigenvalue weighted by molar-refractivity contribution is -0.131. The average Bonchev–Trinajstić information content (AvgIpc) is 2.88. The van der Waals surface area contributed by atoms with Gasteiger partial charge in [-0.3, -0.25) is 9.69 Å². The van der Waals surface area contributed by atoms with Crippen LogP contribution in [-0.2, 0) is 10.5 Å². The average molecular weight is 543 g/mol. The van der Waals surface area contributed by atoms with Crippen molar-refractivity contribution in [3.8, 4) is 5.75 Å². The molecular weight excluding hydrogens is 491 g/mol. The van der Waals surface area contributed by atoms with Crippen molar-refractivity contribution in [3.63, 3.8) is 0 Å². The van der Waals surface area contributed by atoms with Gasteiger partial charge in [0.05, 0.1) is 6.54 Å². The van der Waals surface area contributed by atoms with E-state index in [1.165, 1.54) is 19.4 Å². The van der Waals surface area contributed by atoms with E-state index in [0.717, 1.165) is 61.2 Å². The zero-order chi connectivity index (χ0) is 29.3. The summed E-state index contributed by atoms with van der Waals surface area (Å²) < 4.78 is 14.5. The molecular formula is C32H51FN4O2. The van der Waals surface area contributed by atoms with Crippen molar-refractivity contribution in [2.45, 2.75) is 85.9 Å². The molecule has 0 spiro atoms. The standard InChI is InChI=1S/C32H51FN4O2/c1-9-22(3)28(35-26-12-11-16-37(20-26)21-30(39)36(8)17-15-34)18-24(5)31(23(4)10-2)27-14-13-25(19-29(27)38)32(6,7)33/h13-14,18-19,26,35,38H,9-12,15-17,20-21,34H2,1-8H3/b24-18-,28-22-,31-23?. The molecule has 4 N–H and O–H groups in total. The number of phenols is 1. The Morgan fingerprint density at radius 3 is 2.46 bits per heavy atom. The highest BCUT2D eigenvalue weighted by Crippen LogP contribution is 2.37. The maximum absolute atomic E-state index is 14.5. The Morgan fingerprint density at radius 2 is 1.90 bits per heavy atom. The minimum absolute atomic E-state index is 0.0895. The molecule has 1 aromatic carbocycles. The molecule has 6 nitrogen and oxygen atoms in total. The lowest BCUT2D eigenvalue weighted by Crippen LogP contribution is -2.49. The number of alkyl halides is 1. The summed E-state index contributed by atoms with van der Waals surface area (Å²) in [5, 5.41) is 14.7. The number of carbonyl (C=O) groups excluding carboxylic acids is 1. The SMILES string of the molecule is CCC(C)=C(/C(C)=C\C(NC1CCCN(CC(=O)N(C)CCN)C1)=C(/C)CC)c1ccc(C(C)(C)F)cc1O. The smallest absolute Gasteiger partial charge is 0.236 e. The topological polar surface area (TPSA) is 81.8 Å². The Labute approximate surface area is 235 Å². The predicted molar refractivity (Wildman–Crippen MR) is 161 cm³/mol. The number of nitrogens with zero attached hydrogens (tertiary/aromatic N) is 2. The van der Waals surface area contributed by atoms with E-state index in [1.807, 2.05) is 6.07 Å². The fourth-order valence-electron chi connectivity index (χ4n) is 5.00. The summed E-state index contributed by atoms with van der Waals surface area (Å²) in [5.74, 6) is 0.191. The van der Waals surface area contributed by atoms with E-state index in [1.54, 1.807) is 24.1 Å². The highest BCUT2D eigenvalue weighted by molar-refractivity contribution is 5.84. The first-order valence-electron chi connectivity index (χ1n) is 14.4. The van der Waals surface area contributed by atoms with Gasteiger partial charge in [-0.2, -0.15) is 0 Å². The molecule has 1 saturated heterocycles. The molecule has 1 heterocycles. The molecule has 1 aliphatic rings. The summed E-state index contributed by atoms with van der Waals surface area (Å²) in [6.45, 7) is 16.7. The van der Waals surface area contributed by atoms with Crippen molar-refractivity contribution in [2.24, 2.45) is 5.73 Å². The van der Waals surface area contributed by atoms with E-state index in [0.29, 0.717) is 30.8 Å². The number of allylic oxidation sites excluding steroid dienone is 5. The van der Waals surface area contributed by atoms with Gasteiger partial charge in [0, 0.05) is 44.0 Å². The normalized spacial score (nSPS) is 18.4. The molecule has 0 aromatic heterocycles. The Bertz CT molecular complexity index is 1080. The predicted octanol–water partition coefficient (Wildman–Crippen LogP) is 5.88. The van der Waals surface area contributed by atoms with Crippen LogP contribution in [0.3, 0.4) is 0 Å². The fourth-order valence-corrected chi connectivity index (χ4v) is 5.00. The first-order chi connectivity index (χ1) is 18.3. The lowest BCUT2D eigenvalue weighted by Gasteiger charge is -2.34. The van der Waals surface area contributed by atoms with Crippen molar-refractivity contribution in [2.75, 3.05) is 39.8 Å². The van der Waals surface area contributed by atoms with Gasteiger partial charge in [-0.15, -0.1) is 0 Å². The lowest BCUT2D eigenvalue weighted by atomic mass is 9.89. The quantitative estimate of drug-likeness (QED) is 0.287. The molecule has 1 fully saturated rings. The van der Waals surface area contributed by atoms with E-state index in [2.05, 4.69) is 50.9 Å². The Hall–Kier alpha value is -2.64. The van der Waals surface area contributed by atoms with Gasteiger partial charge in [0.25, 0.3) is 0 Å². The zero-order valence-electron chi connectivity index (χ0n) is 25.5. The molecule has 1 aliphatic heterocycles. The maximum atomic E-state index is 14.5. The van der Waals surface area contributed by atoms with Gasteiger partial charge in [-0.05, 0) is 95.7 Å². The molecule has 1 aromatic rings. The van der Waals surface area contributed by atoms with Crippen molar-refractivity contribution in [3.05, 3.63) is 57.8 Å². The summed E-state index contributed by atoms with van der Waals surface area (Å²) in [5.41, 5.74) is 10.8. The number of halogens is 1. The number of nitrogens with one attached hydrogen (secondary N) is 1. The number of hydrogen-bond acceptors (Lipinski definition) is 5. The van der Waals surface area contributed by atoms with Gasteiger partial charge in [-0.25, -0.2) is 4.39 Å². The monoisotopic (exact) mass is 542 g/mol. The number of piperidine rings is 1. The highest BCUT2D eigenvalue weighted by atomic mass is 19.1. The molecule has 7 heteroatoms. The molecule has 1 atom stereocenters. The van der Waals surface area contributed by atoms with Crippen LogP contribution in [0.25, 0.3) is 5.57 Å². The number of carbonyl (C=O) groups is 1. The molecule has 0 radical (unpaired) electrons. The van der Waals surface area contributed by atoms with Gasteiger partial charge in [-0.1, -0.05) is 37.1 Å². The van der Waals surface area contributed by atoms with E-state index in [9.17, 15) is 14.3 Å². The third-order valence-electron chi connectivity index (χ3n) is 7.77. The molecule has 0 aliphatic carbocycles. The minimum atomic E-state index is -1.53. The Kier molecular flexibility index (Phi) is 12.2. The number of rotatable bonds is 12. The van der Waals surface area contributed by atoms with Crippen molar-refractivity contribution in [1.29, 1.82) is 0 Å². The fraction of sp³-hybridized carbons (Fsp3) is 0.594. The van der Waals surface area contributed by atoms with E-state index in [4.69, 9.17) is 5.73 Å². The van der Waals surface area contributed by atoms with Crippen LogP contribution in [0.5, 0.6) is 5.75 Å². The van der Waals surface area contributed by atoms with Crippen LogP contribution in [0.4, 0.5) is 4.39 Å². The molecule has 2 rings (SSSR count). The minimum Gasteiger partial charge on any atom is -0.507 e. The number of benzene rings is 1. The van der Waals surface area contributed by atoms with E-state index < -0.39 is 5.67 Å². The van der Waals surface area contributed by atoms with Gasteiger partial charge >= 0.3 is 0 Å². The third-order valence-corrected chi connectivity index (χ3v) is 7.77. The number of nitrogens with two attached hydrogens (primary N) is 1. The Balaban J connectivity index is 2.34. The van der Waals surface area contributed by atoms with Gasteiger partial charge in [0.15, 0.2) is 0 Å². The largest absolute Gasteiger partial charge is 0.507 e. The highest BCUT2D eigenvalue weighted by Gasteiger charge is 2.24. The number of hydrogen-bond donors (Lipinski definition) is 3. The van der Waals surface area contributed by atoms with Crippen LogP contribution in [0.2, 0.25) is 0 Å². The van der Waals surface area contributed by atoms with Gasteiger partial charge in [0.2, 0.25) is 5.91 Å². The van der Waals surface area contributed by atoms with E-state index >= 15 is 0 Å². The summed E-state index contributed by atoms with van der Waals surface area (Å²) in [7, 11) is 1.81. The summed E-state index contributed by atoms with van der Waals surface area (Å²) in [4.78, 5) is 16.5. The van der Waals surface area contributed by atoms with Crippen molar-refractivity contribution >= 4 is 11.5 Å². The molecule has 1 amide bonds. The van der Waals surface area contributed by atoms with Crippen LogP contribution in [0.15, 0.2) is 46.7 Å². The number of amides is 1. The number of likely N-dealkylation sites (tertiary alicyclic amines) is 1. The summed E-state index contributed by atoms with van der Waals surface area (Å²) in [6.07, 6.45) is 5.98. The van der Waals surface area contributed by atoms with Crippen LogP contribution in [-0.4, -0.2) is 66.6 Å². The van der Waals surface area contributed by atoms with Crippen LogP contribution in [0, 0.1) is 0 Å². The molecule has 218 valence electrons. The first-order valence-corrected chi connectivity index (χ1v) is 14.4. The van der Waals surface area contributed by atoms with Crippen LogP contribution >= 0.6 is 0 Å². The second kappa shape index (κ2) is 14.7. The number of phenolic OH excluding ortho intramolecular Hbond substituents is 1. The zero-order valence-corrected chi connectivity index (χ0v) is 25.5. The van der Waals surface area contributed by atoms with E-state index in [-0.39, 0.29) is 17.7 Å². The molecule has 39 heavy (non-hydrogen) atoms. The van der Waals surface area contributed by atoms with Crippen molar-refractivity contribution < 1.29 is 14.3 Å². The summed E-state index contributed by atoms with van der Waals surface area (Å²) in [6, 6.07) is 5.37. The molecule has 0 saturated carbocycles. The van der Waals surface area contributed by atoms with Crippen LogP contribution < -0.4 is 11.1 Å². The third kappa shape index (κ3) is 9.21. The van der Waals surface area contributed by atoms with Crippen LogP contribution in [0.1, 0.15) is 85.3 Å². The summed E-state index contributed by atoms with van der Waals surface area (Å²) >= 11 is 0. The second-order valence-corrected chi connectivity index (χ2v) is 11.4.